The largest absolute Gasteiger partial charge is 0.454 e. The molecule has 1 aliphatic rings. The third kappa shape index (κ3) is 3.21. The third-order valence-electron chi connectivity index (χ3n) is 4.62. The summed E-state index contributed by atoms with van der Waals surface area (Å²) in [5.74, 6) is 1.05. The molecule has 6 nitrogen and oxygen atoms in total. The van der Waals surface area contributed by atoms with Gasteiger partial charge in [0.15, 0.2) is 11.5 Å². The van der Waals surface area contributed by atoms with E-state index in [-0.39, 0.29) is 12.5 Å². The summed E-state index contributed by atoms with van der Waals surface area (Å²) in [5, 5.41) is 2.08. The average molecular weight is 386 g/mol. The Kier molecular flexibility index (Phi) is 4.02. The Balaban J connectivity index is 1.39. The first-order valence-corrected chi connectivity index (χ1v) is 8.92. The van der Waals surface area contributed by atoms with E-state index in [2.05, 4.69) is 0 Å². The molecule has 0 spiro atoms. The highest BCUT2D eigenvalue weighted by atomic mass is 16.7. The first-order valence-electron chi connectivity index (χ1n) is 8.92. The summed E-state index contributed by atoms with van der Waals surface area (Å²) < 4.78 is 21.3. The highest BCUT2D eigenvalue weighted by molar-refractivity contribution is 6.04. The van der Waals surface area contributed by atoms with E-state index in [0.29, 0.717) is 22.5 Å². The number of carbonyl (C=O) groups excluding carboxylic acids is 1. The summed E-state index contributed by atoms with van der Waals surface area (Å²) in [5.41, 5.74) is 0.709. The maximum Gasteiger partial charge on any atom is 0.344 e. The second-order valence-corrected chi connectivity index (χ2v) is 6.46. The predicted octanol–water partition coefficient (Wildman–Crippen LogP) is 4.29. The fourth-order valence-corrected chi connectivity index (χ4v) is 3.26. The lowest BCUT2D eigenvalue weighted by molar-refractivity contribution is -0.128. The lowest BCUT2D eigenvalue weighted by Crippen LogP contribution is -2.04. The summed E-state index contributed by atoms with van der Waals surface area (Å²) in [6.45, 7) is 0.192. The Morgan fingerprint density at radius 1 is 0.897 bits per heavy atom. The molecule has 1 aliphatic heterocycles. The van der Waals surface area contributed by atoms with Crippen LogP contribution in [0.3, 0.4) is 0 Å². The van der Waals surface area contributed by atoms with Crippen LogP contribution in [-0.4, -0.2) is 12.8 Å². The first-order chi connectivity index (χ1) is 14.2. The molecule has 3 aromatic carbocycles. The van der Waals surface area contributed by atoms with Crippen LogP contribution in [0.15, 0.2) is 76.0 Å². The molecule has 5 rings (SSSR count). The minimum absolute atomic E-state index is 0.192. The molecule has 0 atom stereocenters. The van der Waals surface area contributed by atoms with Gasteiger partial charge >= 0.3 is 11.6 Å². The minimum Gasteiger partial charge on any atom is -0.454 e. The van der Waals surface area contributed by atoms with Gasteiger partial charge in [0.25, 0.3) is 0 Å². The van der Waals surface area contributed by atoms with Crippen LogP contribution >= 0.6 is 0 Å². The number of ether oxygens (including phenoxy) is 3. The third-order valence-corrected chi connectivity index (χ3v) is 4.62. The van der Waals surface area contributed by atoms with Crippen LogP contribution in [0, 0.1) is 0 Å². The van der Waals surface area contributed by atoms with Crippen LogP contribution in [0.5, 0.6) is 17.2 Å². The van der Waals surface area contributed by atoms with E-state index in [0.717, 1.165) is 16.3 Å². The highest BCUT2D eigenvalue weighted by Crippen LogP contribution is 2.33. The molecule has 0 saturated carbocycles. The molecule has 142 valence electrons. The summed E-state index contributed by atoms with van der Waals surface area (Å²) in [7, 11) is 0. The standard InChI is InChI=1S/C23H14O6/c24-22(10-6-14-5-9-19-21(11-14)27-13-26-19)28-15-7-8-17-16-3-1-2-4-18(16)23(25)29-20(17)12-15/h1-12H,13H2/b10-6+. The van der Waals surface area contributed by atoms with Crippen molar-refractivity contribution in [1.29, 1.82) is 0 Å². The van der Waals surface area contributed by atoms with Gasteiger partial charge in [-0.2, -0.15) is 0 Å². The smallest absolute Gasteiger partial charge is 0.344 e. The van der Waals surface area contributed by atoms with Crippen molar-refractivity contribution in [2.24, 2.45) is 0 Å². The maximum absolute atomic E-state index is 12.2. The number of benzene rings is 3. The Hall–Kier alpha value is -4.06. The second-order valence-electron chi connectivity index (χ2n) is 6.46. The van der Waals surface area contributed by atoms with Gasteiger partial charge in [0.2, 0.25) is 6.79 Å². The number of esters is 1. The van der Waals surface area contributed by atoms with Crippen molar-refractivity contribution in [1.82, 2.24) is 0 Å². The lowest BCUT2D eigenvalue weighted by Gasteiger charge is -2.05. The van der Waals surface area contributed by atoms with Gasteiger partial charge in [-0.1, -0.05) is 24.3 Å². The summed E-state index contributed by atoms with van der Waals surface area (Å²) in [4.78, 5) is 24.3. The first kappa shape index (κ1) is 17.1. The highest BCUT2D eigenvalue weighted by Gasteiger charge is 2.13. The molecule has 29 heavy (non-hydrogen) atoms. The zero-order valence-corrected chi connectivity index (χ0v) is 15.1. The van der Waals surface area contributed by atoms with Crippen LogP contribution in [-0.2, 0) is 4.79 Å². The van der Waals surface area contributed by atoms with Crippen molar-refractivity contribution in [2.45, 2.75) is 0 Å². The summed E-state index contributed by atoms with van der Waals surface area (Å²) in [6.07, 6.45) is 2.94. The van der Waals surface area contributed by atoms with Gasteiger partial charge in [-0.25, -0.2) is 9.59 Å². The van der Waals surface area contributed by atoms with Crippen LogP contribution in [0.1, 0.15) is 5.56 Å². The van der Waals surface area contributed by atoms with Gasteiger partial charge in [0, 0.05) is 17.5 Å². The monoisotopic (exact) mass is 386 g/mol. The Morgan fingerprint density at radius 2 is 1.72 bits per heavy atom. The zero-order valence-electron chi connectivity index (χ0n) is 15.1. The zero-order chi connectivity index (χ0) is 19.8. The van der Waals surface area contributed by atoms with Crippen molar-refractivity contribution in [2.75, 3.05) is 6.79 Å². The van der Waals surface area contributed by atoms with Gasteiger partial charge in [-0.15, -0.1) is 0 Å². The van der Waals surface area contributed by atoms with Crippen LogP contribution in [0.2, 0.25) is 0 Å². The fraction of sp³-hybridized carbons (Fsp3) is 0.0435. The van der Waals surface area contributed by atoms with E-state index in [9.17, 15) is 9.59 Å². The van der Waals surface area contributed by atoms with E-state index in [4.69, 9.17) is 18.6 Å². The molecule has 0 aliphatic carbocycles. The molecular formula is C23H14O6. The van der Waals surface area contributed by atoms with Crippen LogP contribution in [0.25, 0.3) is 27.8 Å². The van der Waals surface area contributed by atoms with Gasteiger partial charge in [-0.3, -0.25) is 0 Å². The molecule has 0 bridgehead atoms. The minimum atomic E-state index is -0.551. The van der Waals surface area contributed by atoms with Crippen LogP contribution in [0.4, 0.5) is 0 Å². The van der Waals surface area contributed by atoms with Crippen molar-refractivity contribution >= 4 is 33.8 Å². The number of rotatable bonds is 3. The van der Waals surface area contributed by atoms with Crippen molar-refractivity contribution in [3.8, 4) is 17.2 Å². The summed E-state index contributed by atoms with van der Waals surface area (Å²) in [6, 6.07) is 17.6. The normalized spacial score (nSPS) is 12.7. The number of hydrogen-bond acceptors (Lipinski definition) is 6. The molecule has 6 heteroatoms. The molecule has 0 amide bonds. The molecule has 0 unspecified atom stereocenters. The van der Waals surface area contributed by atoms with E-state index < -0.39 is 11.6 Å². The molecule has 2 heterocycles. The van der Waals surface area contributed by atoms with Gasteiger partial charge in [0.1, 0.15) is 11.3 Å². The molecule has 1 aromatic heterocycles. The van der Waals surface area contributed by atoms with E-state index in [1.165, 1.54) is 12.1 Å². The Bertz CT molecular complexity index is 1350. The fourth-order valence-electron chi connectivity index (χ4n) is 3.26. The molecule has 4 aromatic rings. The SMILES string of the molecule is O=C(/C=C/c1ccc2c(c1)OCO2)Oc1ccc2c(c1)oc(=O)c1ccccc12. The topological polar surface area (TPSA) is 75.0 Å². The van der Waals surface area contributed by atoms with Gasteiger partial charge in [-0.05, 0) is 47.4 Å². The summed E-state index contributed by atoms with van der Waals surface area (Å²) >= 11 is 0. The molecular weight excluding hydrogens is 372 g/mol. The average Bonchev–Trinajstić information content (AvgIpc) is 3.20. The number of carbonyl (C=O) groups is 1. The molecule has 0 N–H and O–H groups in total. The van der Waals surface area contributed by atoms with Crippen molar-refractivity contribution < 1.29 is 23.4 Å². The Labute approximate surface area is 164 Å². The molecule has 0 saturated heterocycles. The maximum atomic E-state index is 12.2. The molecule has 0 fully saturated rings. The quantitative estimate of drug-likeness (QED) is 0.172. The van der Waals surface area contributed by atoms with Gasteiger partial charge < -0.3 is 18.6 Å². The van der Waals surface area contributed by atoms with Crippen molar-refractivity contribution in [3.05, 3.63) is 82.7 Å². The Morgan fingerprint density at radius 3 is 2.62 bits per heavy atom. The van der Waals surface area contributed by atoms with Crippen molar-refractivity contribution in [3.63, 3.8) is 0 Å². The lowest BCUT2D eigenvalue weighted by atomic mass is 10.1. The predicted molar refractivity (Wildman–Crippen MR) is 107 cm³/mol. The number of hydrogen-bond donors (Lipinski definition) is 0. The number of fused-ring (bicyclic) bond motifs is 4. The van der Waals surface area contributed by atoms with E-state index in [1.54, 1.807) is 42.5 Å². The molecule has 0 radical (unpaired) electrons. The second kappa shape index (κ2) is 6.83. The van der Waals surface area contributed by atoms with E-state index in [1.807, 2.05) is 18.2 Å². The van der Waals surface area contributed by atoms with Gasteiger partial charge in [0.05, 0.1) is 5.39 Å². The van der Waals surface area contributed by atoms with E-state index >= 15 is 0 Å². The van der Waals surface area contributed by atoms with Crippen LogP contribution < -0.4 is 19.8 Å².